The first kappa shape index (κ1) is 11.5. The Morgan fingerprint density at radius 2 is 2.21 bits per heavy atom. The second kappa shape index (κ2) is 4.77. The Morgan fingerprint density at radius 3 is 2.71 bits per heavy atom. The van der Waals surface area contributed by atoms with Crippen LogP contribution in [-0.4, -0.2) is 11.1 Å². The fourth-order valence-corrected chi connectivity index (χ4v) is 1.98. The molecule has 3 N–H and O–H groups in total. The number of hydrogen-bond donors (Lipinski definition) is 2. The number of carboxylic acids is 1. The number of carbonyl (C=O) groups is 1. The highest BCUT2D eigenvalue weighted by molar-refractivity contribution is 9.10. The predicted molar refractivity (Wildman–Crippen MR) is 58.3 cm³/mol. The van der Waals surface area contributed by atoms with Gasteiger partial charge in [0.05, 0.1) is 6.42 Å². The molecule has 1 rings (SSSR count). The van der Waals surface area contributed by atoms with Crippen LogP contribution in [0.3, 0.4) is 0 Å². The molecule has 0 heterocycles. The summed E-state index contributed by atoms with van der Waals surface area (Å²) in [6.07, 6.45) is -0.104. The lowest BCUT2D eigenvalue weighted by Gasteiger charge is -2.10. The third kappa shape index (κ3) is 3.29. The van der Waals surface area contributed by atoms with Crippen LogP contribution in [0.1, 0.15) is 18.0 Å². The summed E-state index contributed by atoms with van der Waals surface area (Å²) in [6.45, 7) is 0. The first-order valence-electron chi connectivity index (χ1n) is 3.92. The topological polar surface area (TPSA) is 63.3 Å². The van der Waals surface area contributed by atoms with E-state index in [1.54, 1.807) is 18.2 Å². The van der Waals surface area contributed by atoms with Crippen molar-refractivity contribution in [2.45, 2.75) is 12.5 Å². The summed E-state index contributed by atoms with van der Waals surface area (Å²) in [5.74, 6) is -0.923. The second-order valence-electron chi connectivity index (χ2n) is 2.91. The van der Waals surface area contributed by atoms with Gasteiger partial charge in [0.25, 0.3) is 0 Å². The molecular weight excluding hydrogens is 269 g/mol. The Kier molecular flexibility index (Phi) is 3.92. The van der Waals surface area contributed by atoms with Gasteiger partial charge in [-0.15, -0.1) is 0 Å². The van der Waals surface area contributed by atoms with Crippen LogP contribution in [0.2, 0.25) is 5.02 Å². The van der Waals surface area contributed by atoms with Crippen LogP contribution in [0.15, 0.2) is 22.7 Å². The molecule has 1 atom stereocenters. The highest BCUT2D eigenvalue weighted by Crippen LogP contribution is 2.24. The summed E-state index contributed by atoms with van der Waals surface area (Å²) >= 11 is 9.06. The maximum Gasteiger partial charge on any atom is 0.305 e. The Hall–Kier alpha value is -0.580. The van der Waals surface area contributed by atoms with Crippen LogP contribution in [0.5, 0.6) is 0 Å². The van der Waals surface area contributed by atoms with Crippen LogP contribution in [-0.2, 0) is 4.79 Å². The molecule has 76 valence electrons. The van der Waals surface area contributed by atoms with Crippen LogP contribution >= 0.6 is 27.5 Å². The molecule has 0 amide bonds. The average molecular weight is 279 g/mol. The van der Waals surface area contributed by atoms with Gasteiger partial charge < -0.3 is 10.8 Å². The van der Waals surface area contributed by atoms with E-state index in [4.69, 9.17) is 22.4 Å². The normalized spacial score (nSPS) is 12.5. The third-order valence-electron chi connectivity index (χ3n) is 1.71. The zero-order valence-electron chi connectivity index (χ0n) is 7.21. The van der Waals surface area contributed by atoms with Crippen molar-refractivity contribution in [3.8, 4) is 0 Å². The first-order valence-corrected chi connectivity index (χ1v) is 5.09. The highest BCUT2D eigenvalue weighted by atomic mass is 79.9. The maximum absolute atomic E-state index is 10.4. The number of halogens is 2. The molecule has 0 fully saturated rings. The fraction of sp³-hybridized carbons (Fsp3) is 0.222. The van der Waals surface area contributed by atoms with E-state index in [0.29, 0.717) is 10.6 Å². The minimum absolute atomic E-state index is 0.104. The van der Waals surface area contributed by atoms with E-state index < -0.39 is 12.0 Å². The smallest absolute Gasteiger partial charge is 0.305 e. The summed E-state index contributed by atoms with van der Waals surface area (Å²) in [6, 6.07) is 4.63. The Balaban J connectivity index is 2.89. The van der Waals surface area contributed by atoms with Gasteiger partial charge in [0, 0.05) is 15.5 Å². The van der Waals surface area contributed by atoms with Gasteiger partial charge in [-0.3, -0.25) is 4.79 Å². The largest absolute Gasteiger partial charge is 0.481 e. The third-order valence-corrected chi connectivity index (χ3v) is 2.38. The van der Waals surface area contributed by atoms with Gasteiger partial charge in [-0.05, 0) is 23.8 Å². The molecule has 1 unspecified atom stereocenters. The van der Waals surface area contributed by atoms with E-state index in [1.807, 2.05) is 0 Å². The Morgan fingerprint density at radius 1 is 1.57 bits per heavy atom. The molecule has 0 aromatic heterocycles. The SMILES string of the molecule is NC(CC(=O)O)c1cc(Cl)cc(Br)c1. The monoisotopic (exact) mass is 277 g/mol. The standard InChI is InChI=1S/C9H9BrClNO2/c10-6-1-5(2-7(11)3-6)8(12)4-9(13)14/h1-3,8H,4,12H2,(H,13,14). The zero-order chi connectivity index (χ0) is 10.7. The van der Waals surface area contributed by atoms with Crippen molar-refractivity contribution < 1.29 is 9.90 Å². The average Bonchev–Trinajstić information content (AvgIpc) is 2.00. The van der Waals surface area contributed by atoms with Gasteiger partial charge in [0.15, 0.2) is 0 Å². The Labute approximate surface area is 95.0 Å². The number of hydrogen-bond acceptors (Lipinski definition) is 2. The van der Waals surface area contributed by atoms with E-state index in [2.05, 4.69) is 15.9 Å². The van der Waals surface area contributed by atoms with Crippen molar-refractivity contribution in [3.63, 3.8) is 0 Å². The molecule has 0 aliphatic rings. The maximum atomic E-state index is 10.4. The number of rotatable bonds is 3. The molecule has 14 heavy (non-hydrogen) atoms. The van der Waals surface area contributed by atoms with Gasteiger partial charge in [-0.2, -0.15) is 0 Å². The number of aliphatic carboxylic acids is 1. The minimum atomic E-state index is -0.923. The zero-order valence-corrected chi connectivity index (χ0v) is 9.55. The molecule has 0 bridgehead atoms. The molecule has 0 saturated carbocycles. The molecule has 1 aromatic rings. The molecule has 0 saturated heterocycles. The summed E-state index contributed by atoms with van der Waals surface area (Å²) < 4.78 is 0.792. The molecule has 1 aromatic carbocycles. The van der Waals surface area contributed by atoms with E-state index in [9.17, 15) is 4.79 Å². The second-order valence-corrected chi connectivity index (χ2v) is 4.26. The number of carboxylic acid groups (broad SMARTS) is 1. The van der Waals surface area contributed by atoms with Crippen molar-refractivity contribution in [3.05, 3.63) is 33.3 Å². The van der Waals surface area contributed by atoms with Crippen molar-refractivity contribution in [2.75, 3.05) is 0 Å². The fourth-order valence-electron chi connectivity index (χ4n) is 1.10. The quantitative estimate of drug-likeness (QED) is 0.893. The minimum Gasteiger partial charge on any atom is -0.481 e. The lowest BCUT2D eigenvalue weighted by molar-refractivity contribution is -0.137. The predicted octanol–water partition coefficient (Wildman–Crippen LogP) is 2.58. The molecule has 3 nitrogen and oxygen atoms in total. The summed E-state index contributed by atoms with van der Waals surface area (Å²) in [7, 11) is 0. The summed E-state index contributed by atoms with van der Waals surface area (Å²) in [5, 5.41) is 9.10. The van der Waals surface area contributed by atoms with Gasteiger partial charge in [0.2, 0.25) is 0 Å². The van der Waals surface area contributed by atoms with Gasteiger partial charge in [0.1, 0.15) is 0 Å². The van der Waals surface area contributed by atoms with E-state index in [1.165, 1.54) is 0 Å². The molecule has 0 aliphatic carbocycles. The molecule has 0 aliphatic heterocycles. The summed E-state index contributed by atoms with van der Waals surface area (Å²) in [5.41, 5.74) is 6.39. The Bertz CT molecular complexity index is 336. The molecule has 0 spiro atoms. The number of nitrogens with two attached hydrogens (primary N) is 1. The van der Waals surface area contributed by atoms with Crippen LogP contribution in [0, 0.1) is 0 Å². The van der Waals surface area contributed by atoms with Crippen molar-refractivity contribution in [2.24, 2.45) is 5.73 Å². The van der Waals surface area contributed by atoms with Crippen molar-refractivity contribution >= 4 is 33.5 Å². The van der Waals surface area contributed by atoms with E-state index >= 15 is 0 Å². The van der Waals surface area contributed by atoms with Crippen molar-refractivity contribution in [1.29, 1.82) is 0 Å². The highest BCUT2D eigenvalue weighted by Gasteiger charge is 2.11. The van der Waals surface area contributed by atoms with Crippen LogP contribution in [0.4, 0.5) is 0 Å². The number of benzene rings is 1. The van der Waals surface area contributed by atoms with Gasteiger partial charge in [-0.25, -0.2) is 0 Å². The summed E-state index contributed by atoms with van der Waals surface area (Å²) in [4.78, 5) is 10.4. The van der Waals surface area contributed by atoms with Crippen molar-refractivity contribution in [1.82, 2.24) is 0 Å². The molecular formula is C9H9BrClNO2. The van der Waals surface area contributed by atoms with Crippen LogP contribution < -0.4 is 5.73 Å². The van der Waals surface area contributed by atoms with Gasteiger partial charge in [-0.1, -0.05) is 27.5 Å². The van der Waals surface area contributed by atoms with E-state index in [-0.39, 0.29) is 6.42 Å². The van der Waals surface area contributed by atoms with E-state index in [0.717, 1.165) is 4.47 Å². The molecule has 0 radical (unpaired) electrons. The lowest BCUT2D eigenvalue weighted by Crippen LogP contribution is -2.14. The first-order chi connectivity index (χ1) is 6.49. The lowest BCUT2D eigenvalue weighted by atomic mass is 10.1. The van der Waals surface area contributed by atoms with Gasteiger partial charge >= 0.3 is 5.97 Å². The molecule has 5 heteroatoms. The van der Waals surface area contributed by atoms with Crippen LogP contribution in [0.25, 0.3) is 0 Å².